The first-order chi connectivity index (χ1) is 13.1. The number of nitrogens with zero attached hydrogens (tertiary/aromatic N) is 2. The van der Waals surface area contributed by atoms with Gasteiger partial charge in [0.05, 0.1) is 22.9 Å². The number of ether oxygens (including phenoxy) is 1. The quantitative estimate of drug-likeness (QED) is 0.543. The van der Waals surface area contributed by atoms with Gasteiger partial charge in [-0.3, -0.25) is 4.79 Å². The van der Waals surface area contributed by atoms with E-state index in [4.69, 9.17) is 0 Å². The molecule has 0 unspecified atom stereocenters. The highest BCUT2D eigenvalue weighted by Crippen LogP contribution is 2.26. The molecule has 0 aliphatic carbocycles. The summed E-state index contributed by atoms with van der Waals surface area (Å²) < 4.78 is 7.54. The molecule has 1 amide bonds. The van der Waals surface area contributed by atoms with Crippen LogP contribution in [-0.4, -0.2) is 28.5 Å². The van der Waals surface area contributed by atoms with Gasteiger partial charge in [-0.25, -0.2) is 9.78 Å². The fourth-order valence-corrected chi connectivity index (χ4v) is 3.61. The van der Waals surface area contributed by atoms with Gasteiger partial charge in [-0.1, -0.05) is 11.3 Å². The van der Waals surface area contributed by atoms with Crippen molar-refractivity contribution in [3.8, 4) is 5.13 Å². The van der Waals surface area contributed by atoms with Crippen LogP contribution in [0.25, 0.3) is 15.3 Å². The Balaban J connectivity index is 1.54. The minimum absolute atomic E-state index is 0.223. The minimum atomic E-state index is -0.415. The van der Waals surface area contributed by atoms with Crippen molar-refractivity contribution < 1.29 is 14.3 Å². The van der Waals surface area contributed by atoms with Gasteiger partial charge in [-0.15, -0.1) is 0 Å². The Morgan fingerprint density at radius 2 is 1.74 bits per heavy atom. The SMILES string of the molecule is COC(=O)c1ccc(NC(=O)c2ccc3nc(-n4cccc4)sc3c2)cc1. The van der Waals surface area contributed by atoms with E-state index in [9.17, 15) is 9.59 Å². The van der Waals surface area contributed by atoms with Crippen LogP contribution in [0.5, 0.6) is 0 Å². The van der Waals surface area contributed by atoms with Crippen LogP contribution >= 0.6 is 11.3 Å². The number of fused-ring (bicyclic) bond motifs is 1. The Morgan fingerprint density at radius 3 is 2.44 bits per heavy atom. The van der Waals surface area contributed by atoms with Gasteiger partial charge in [0.2, 0.25) is 0 Å². The number of nitrogens with one attached hydrogen (secondary N) is 1. The van der Waals surface area contributed by atoms with E-state index in [1.807, 2.05) is 41.2 Å². The predicted octanol–water partition coefficient (Wildman–Crippen LogP) is 4.13. The molecule has 4 aromatic rings. The number of thiazole rings is 1. The second-order valence-electron chi connectivity index (χ2n) is 5.79. The number of methoxy groups -OCH3 is 1. The monoisotopic (exact) mass is 377 g/mol. The van der Waals surface area contributed by atoms with Crippen molar-refractivity contribution in [1.82, 2.24) is 9.55 Å². The zero-order valence-corrected chi connectivity index (χ0v) is 15.2. The number of hydrogen-bond donors (Lipinski definition) is 1. The Labute approximate surface area is 159 Å². The maximum absolute atomic E-state index is 12.5. The first-order valence-corrected chi connectivity index (χ1v) is 8.99. The molecule has 0 aliphatic heterocycles. The summed E-state index contributed by atoms with van der Waals surface area (Å²) in [5.74, 6) is -0.638. The molecule has 4 rings (SSSR count). The van der Waals surface area contributed by atoms with Gasteiger partial charge >= 0.3 is 5.97 Å². The third kappa shape index (κ3) is 3.45. The van der Waals surface area contributed by atoms with E-state index >= 15 is 0 Å². The summed E-state index contributed by atoms with van der Waals surface area (Å²) in [7, 11) is 1.33. The maximum atomic E-state index is 12.5. The third-order valence-electron chi connectivity index (χ3n) is 4.03. The number of carbonyl (C=O) groups is 2. The summed E-state index contributed by atoms with van der Waals surface area (Å²) in [4.78, 5) is 28.6. The first kappa shape index (κ1) is 17.0. The maximum Gasteiger partial charge on any atom is 0.337 e. The molecule has 27 heavy (non-hydrogen) atoms. The van der Waals surface area contributed by atoms with Crippen LogP contribution in [0.4, 0.5) is 5.69 Å². The van der Waals surface area contributed by atoms with E-state index in [1.165, 1.54) is 18.4 Å². The lowest BCUT2D eigenvalue weighted by Crippen LogP contribution is -2.12. The molecular formula is C20H15N3O3S. The van der Waals surface area contributed by atoms with Crippen LogP contribution in [0.3, 0.4) is 0 Å². The molecule has 0 atom stereocenters. The summed E-state index contributed by atoms with van der Waals surface area (Å²) in [5, 5.41) is 3.68. The highest BCUT2D eigenvalue weighted by Gasteiger charge is 2.11. The van der Waals surface area contributed by atoms with Crippen LogP contribution < -0.4 is 5.32 Å². The average molecular weight is 377 g/mol. The molecular weight excluding hydrogens is 362 g/mol. The molecule has 0 spiro atoms. The zero-order chi connectivity index (χ0) is 18.8. The molecule has 0 aliphatic rings. The van der Waals surface area contributed by atoms with Crippen LogP contribution in [-0.2, 0) is 4.74 Å². The van der Waals surface area contributed by atoms with Gasteiger partial charge < -0.3 is 14.6 Å². The molecule has 2 aromatic carbocycles. The molecule has 0 saturated heterocycles. The molecule has 1 N–H and O–H groups in total. The molecule has 0 radical (unpaired) electrons. The average Bonchev–Trinajstić information content (AvgIpc) is 3.36. The number of anilines is 1. The largest absolute Gasteiger partial charge is 0.465 e. The van der Waals surface area contributed by atoms with Crippen molar-refractivity contribution in [3.63, 3.8) is 0 Å². The summed E-state index contributed by atoms with van der Waals surface area (Å²) >= 11 is 1.52. The zero-order valence-electron chi connectivity index (χ0n) is 14.4. The van der Waals surface area contributed by atoms with E-state index in [0.717, 1.165) is 15.3 Å². The van der Waals surface area contributed by atoms with Gasteiger partial charge in [-0.05, 0) is 54.6 Å². The third-order valence-corrected chi connectivity index (χ3v) is 5.06. The highest BCUT2D eigenvalue weighted by molar-refractivity contribution is 7.20. The van der Waals surface area contributed by atoms with Crippen molar-refractivity contribution in [2.24, 2.45) is 0 Å². The van der Waals surface area contributed by atoms with E-state index in [2.05, 4.69) is 15.0 Å². The Hall–Kier alpha value is -3.45. The molecule has 2 heterocycles. The first-order valence-electron chi connectivity index (χ1n) is 8.18. The van der Waals surface area contributed by atoms with Gasteiger partial charge in [-0.2, -0.15) is 0 Å². The fraction of sp³-hybridized carbons (Fsp3) is 0.0500. The second-order valence-corrected chi connectivity index (χ2v) is 6.80. The fourth-order valence-electron chi connectivity index (χ4n) is 2.64. The molecule has 7 heteroatoms. The van der Waals surface area contributed by atoms with Crippen LogP contribution in [0.2, 0.25) is 0 Å². The lowest BCUT2D eigenvalue weighted by atomic mass is 10.1. The normalized spacial score (nSPS) is 10.7. The molecule has 0 bridgehead atoms. The molecule has 0 saturated carbocycles. The standard InChI is InChI=1S/C20H15N3O3S/c1-26-19(25)13-4-7-15(8-5-13)21-18(24)14-6-9-16-17(12-14)27-20(22-16)23-10-2-3-11-23/h2-12H,1H3,(H,21,24). The van der Waals surface area contributed by atoms with Crippen LogP contribution in [0, 0.1) is 0 Å². The Morgan fingerprint density at radius 1 is 1.04 bits per heavy atom. The summed E-state index contributed by atoms with van der Waals surface area (Å²) in [6.07, 6.45) is 3.87. The van der Waals surface area contributed by atoms with E-state index in [0.29, 0.717) is 16.8 Å². The van der Waals surface area contributed by atoms with Crippen molar-refractivity contribution in [3.05, 3.63) is 78.1 Å². The predicted molar refractivity (Wildman–Crippen MR) is 105 cm³/mol. The molecule has 0 fully saturated rings. The van der Waals surface area contributed by atoms with Crippen molar-refractivity contribution in [2.75, 3.05) is 12.4 Å². The number of amides is 1. The van der Waals surface area contributed by atoms with E-state index in [1.54, 1.807) is 30.3 Å². The van der Waals surface area contributed by atoms with E-state index in [-0.39, 0.29) is 5.91 Å². The van der Waals surface area contributed by atoms with Crippen LogP contribution in [0.15, 0.2) is 67.0 Å². The van der Waals surface area contributed by atoms with Gasteiger partial charge in [0.15, 0.2) is 5.13 Å². The summed E-state index contributed by atoms with van der Waals surface area (Å²) in [5.41, 5.74) is 2.43. The molecule has 6 nitrogen and oxygen atoms in total. The van der Waals surface area contributed by atoms with Gasteiger partial charge in [0.25, 0.3) is 5.91 Å². The summed E-state index contributed by atoms with van der Waals surface area (Å²) in [6.45, 7) is 0. The number of aromatic nitrogens is 2. The van der Waals surface area contributed by atoms with Crippen molar-refractivity contribution >= 4 is 39.1 Å². The Kier molecular flexibility index (Phi) is 4.43. The minimum Gasteiger partial charge on any atom is -0.465 e. The topological polar surface area (TPSA) is 73.2 Å². The highest BCUT2D eigenvalue weighted by atomic mass is 32.1. The van der Waals surface area contributed by atoms with Crippen molar-refractivity contribution in [1.29, 1.82) is 0 Å². The molecule has 134 valence electrons. The number of benzene rings is 2. The van der Waals surface area contributed by atoms with Crippen LogP contribution in [0.1, 0.15) is 20.7 Å². The molecule has 2 aromatic heterocycles. The van der Waals surface area contributed by atoms with E-state index < -0.39 is 5.97 Å². The lowest BCUT2D eigenvalue weighted by molar-refractivity contribution is 0.0600. The van der Waals surface area contributed by atoms with Crippen molar-refractivity contribution in [2.45, 2.75) is 0 Å². The smallest absolute Gasteiger partial charge is 0.337 e. The number of hydrogen-bond acceptors (Lipinski definition) is 5. The summed E-state index contributed by atoms with van der Waals surface area (Å²) in [6, 6.07) is 15.9. The second kappa shape index (κ2) is 7.05. The van der Waals surface area contributed by atoms with Gasteiger partial charge in [0.1, 0.15) is 0 Å². The van der Waals surface area contributed by atoms with Gasteiger partial charge in [0, 0.05) is 23.6 Å². The number of esters is 1. The Bertz CT molecular complexity index is 1120. The number of carbonyl (C=O) groups excluding carboxylic acids is 2. The number of rotatable bonds is 4. The lowest BCUT2D eigenvalue weighted by Gasteiger charge is -2.06.